The number of likely N-dealkylation sites (tertiary alicyclic amines) is 1. The summed E-state index contributed by atoms with van der Waals surface area (Å²) < 4.78 is 11.7. The Hall–Kier alpha value is -0.200. The average molecular weight is 340 g/mol. The van der Waals surface area contributed by atoms with E-state index in [0.29, 0.717) is 6.10 Å². The summed E-state index contributed by atoms with van der Waals surface area (Å²) in [7, 11) is 0. The molecule has 1 atom stereocenters. The van der Waals surface area contributed by atoms with Crippen molar-refractivity contribution in [3.8, 4) is 0 Å². The molecule has 0 radical (unpaired) electrons. The predicted molar refractivity (Wildman–Crippen MR) is 97.6 cm³/mol. The molecule has 5 heteroatoms. The molecule has 3 saturated heterocycles. The van der Waals surface area contributed by atoms with Gasteiger partial charge in [-0.05, 0) is 46.2 Å². The van der Waals surface area contributed by atoms with Gasteiger partial charge in [0.2, 0.25) is 0 Å². The van der Waals surface area contributed by atoms with Gasteiger partial charge in [-0.3, -0.25) is 9.80 Å². The van der Waals surface area contributed by atoms with Gasteiger partial charge in [-0.15, -0.1) is 0 Å². The van der Waals surface area contributed by atoms with E-state index in [2.05, 4.69) is 28.5 Å². The quantitative estimate of drug-likeness (QED) is 0.760. The number of piperidine rings is 1. The molecule has 0 N–H and O–H groups in total. The van der Waals surface area contributed by atoms with Crippen LogP contribution in [0.15, 0.2) is 0 Å². The Bertz CT molecular complexity index is 366. The van der Waals surface area contributed by atoms with Crippen molar-refractivity contribution in [3.63, 3.8) is 0 Å². The fraction of sp³-hybridized carbons (Fsp3) is 1.00. The zero-order valence-corrected chi connectivity index (χ0v) is 15.8. The molecule has 3 heterocycles. The molecule has 1 unspecified atom stereocenters. The van der Waals surface area contributed by atoms with Crippen molar-refractivity contribution in [1.82, 2.24) is 14.7 Å². The summed E-state index contributed by atoms with van der Waals surface area (Å²) in [6.07, 6.45) is 5.67. The highest BCUT2D eigenvalue weighted by Gasteiger charge is 2.32. The van der Waals surface area contributed by atoms with Crippen LogP contribution in [-0.4, -0.2) is 98.5 Å². The number of ether oxygens (including phenoxy) is 2. The first kappa shape index (κ1) is 18.6. The van der Waals surface area contributed by atoms with Gasteiger partial charge in [0.1, 0.15) is 0 Å². The lowest BCUT2D eigenvalue weighted by atomic mass is 10.0. The summed E-state index contributed by atoms with van der Waals surface area (Å²) in [6.45, 7) is 16.6. The molecule has 3 rings (SSSR count). The Balaban J connectivity index is 1.51. The van der Waals surface area contributed by atoms with Gasteiger partial charge in [-0.2, -0.15) is 0 Å². The Morgan fingerprint density at radius 2 is 1.54 bits per heavy atom. The van der Waals surface area contributed by atoms with E-state index in [0.717, 1.165) is 59.0 Å². The molecule has 0 aromatic rings. The van der Waals surface area contributed by atoms with Crippen LogP contribution in [0.2, 0.25) is 0 Å². The van der Waals surface area contributed by atoms with Gasteiger partial charge in [0.15, 0.2) is 0 Å². The molecule has 0 aromatic heterocycles. The second-order valence-electron chi connectivity index (χ2n) is 8.35. The van der Waals surface area contributed by atoms with Crippen molar-refractivity contribution in [2.45, 2.75) is 51.2 Å². The normalized spacial score (nSPS) is 29.5. The molecule has 140 valence electrons. The van der Waals surface area contributed by atoms with E-state index in [-0.39, 0.29) is 5.54 Å². The van der Waals surface area contributed by atoms with E-state index < -0.39 is 0 Å². The van der Waals surface area contributed by atoms with Crippen LogP contribution < -0.4 is 0 Å². The first-order chi connectivity index (χ1) is 11.6. The zero-order chi connectivity index (χ0) is 16.8. The highest BCUT2D eigenvalue weighted by atomic mass is 16.5. The number of hydrogen-bond donors (Lipinski definition) is 0. The van der Waals surface area contributed by atoms with Crippen molar-refractivity contribution >= 4 is 0 Å². The van der Waals surface area contributed by atoms with Gasteiger partial charge in [-0.25, -0.2) is 0 Å². The molecule has 0 spiro atoms. The topological polar surface area (TPSA) is 28.2 Å². The third kappa shape index (κ3) is 5.40. The monoisotopic (exact) mass is 339 g/mol. The van der Waals surface area contributed by atoms with Crippen LogP contribution in [0.3, 0.4) is 0 Å². The highest BCUT2D eigenvalue weighted by molar-refractivity contribution is 4.88. The van der Waals surface area contributed by atoms with E-state index in [1.807, 2.05) is 0 Å². The van der Waals surface area contributed by atoms with Crippen molar-refractivity contribution in [3.05, 3.63) is 0 Å². The highest BCUT2D eigenvalue weighted by Crippen LogP contribution is 2.20. The summed E-state index contributed by atoms with van der Waals surface area (Å²) >= 11 is 0. The third-order valence-electron chi connectivity index (χ3n) is 5.82. The van der Waals surface area contributed by atoms with Crippen molar-refractivity contribution in [2.75, 3.05) is 72.2 Å². The second-order valence-corrected chi connectivity index (χ2v) is 8.35. The summed E-state index contributed by atoms with van der Waals surface area (Å²) in [5, 5.41) is 0. The average Bonchev–Trinajstić information content (AvgIpc) is 2.81. The van der Waals surface area contributed by atoms with E-state index >= 15 is 0 Å². The fourth-order valence-corrected chi connectivity index (χ4v) is 4.47. The Morgan fingerprint density at radius 3 is 2.29 bits per heavy atom. The molecule has 3 fully saturated rings. The predicted octanol–water partition coefficient (Wildman–Crippen LogP) is 1.67. The number of hydrogen-bond acceptors (Lipinski definition) is 5. The van der Waals surface area contributed by atoms with Gasteiger partial charge < -0.3 is 14.4 Å². The lowest BCUT2D eigenvalue weighted by molar-refractivity contribution is -0.0267. The standard InChI is InChI=1S/C19H37N3O2/c1-19(2,22-10-13-23-14-11-22)17-21-9-6-12-24-18(16-21)15-20-7-4-3-5-8-20/h18H,3-17H2,1-2H3. The van der Waals surface area contributed by atoms with Crippen LogP contribution in [0.5, 0.6) is 0 Å². The van der Waals surface area contributed by atoms with Gasteiger partial charge >= 0.3 is 0 Å². The van der Waals surface area contributed by atoms with Crippen LogP contribution in [0.25, 0.3) is 0 Å². The molecular formula is C19H37N3O2. The summed E-state index contributed by atoms with van der Waals surface area (Å²) in [5.41, 5.74) is 0.212. The van der Waals surface area contributed by atoms with Gasteiger partial charge in [0, 0.05) is 51.4 Å². The van der Waals surface area contributed by atoms with E-state index in [1.165, 1.54) is 38.9 Å². The van der Waals surface area contributed by atoms with Gasteiger partial charge in [0.25, 0.3) is 0 Å². The Morgan fingerprint density at radius 1 is 0.833 bits per heavy atom. The molecule has 0 amide bonds. The number of rotatable bonds is 5. The molecule has 5 nitrogen and oxygen atoms in total. The number of morpholine rings is 1. The third-order valence-corrected chi connectivity index (χ3v) is 5.82. The van der Waals surface area contributed by atoms with E-state index in [4.69, 9.17) is 9.47 Å². The maximum atomic E-state index is 6.18. The first-order valence-corrected chi connectivity index (χ1v) is 10.0. The second kappa shape index (κ2) is 8.95. The van der Waals surface area contributed by atoms with Crippen LogP contribution in [0.1, 0.15) is 39.5 Å². The maximum absolute atomic E-state index is 6.18. The summed E-state index contributed by atoms with van der Waals surface area (Å²) in [5.74, 6) is 0. The van der Waals surface area contributed by atoms with Crippen molar-refractivity contribution < 1.29 is 9.47 Å². The van der Waals surface area contributed by atoms with E-state index in [1.54, 1.807) is 0 Å². The molecule has 24 heavy (non-hydrogen) atoms. The number of nitrogens with zero attached hydrogens (tertiary/aromatic N) is 3. The lowest BCUT2D eigenvalue weighted by Crippen LogP contribution is -2.56. The van der Waals surface area contributed by atoms with Crippen LogP contribution >= 0.6 is 0 Å². The van der Waals surface area contributed by atoms with Crippen molar-refractivity contribution in [1.29, 1.82) is 0 Å². The molecule has 0 saturated carbocycles. The first-order valence-electron chi connectivity index (χ1n) is 10.0. The molecule has 3 aliphatic heterocycles. The molecule has 3 aliphatic rings. The van der Waals surface area contributed by atoms with E-state index in [9.17, 15) is 0 Å². The SMILES string of the molecule is CC(C)(CN1CCCOC(CN2CCCCC2)C1)N1CCOCC1. The Labute approximate surface area is 148 Å². The summed E-state index contributed by atoms with van der Waals surface area (Å²) in [6, 6.07) is 0. The summed E-state index contributed by atoms with van der Waals surface area (Å²) in [4.78, 5) is 7.86. The lowest BCUT2D eigenvalue weighted by Gasteiger charge is -2.43. The molecule has 0 bridgehead atoms. The van der Waals surface area contributed by atoms with Crippen LogP contribution in [0.4, 0.5) is 0 Å². The van der Waals surface area contributed by atoms with Gasteiger partial charge in [-0.1, -0.05) is 6.42 Å². The largest absolute Gasteiger partial charge is 0.379 e. The maximum Gasteiger partial charge on any atom is 0.0828 e. The van der Waals surface area contributed by atoms with Crippen LogP contribution in [-0.2, 0) is 9.47 Å². The minimum absolute atomic E-state index is 0.212. The fourth-order valence-electron chi connectivity index (χ4n) is 4.47. The van der Waals surface area contributed by atoms with Gasteiger partial charge in [0.05, 0.1) is 19.3 Å². The molecule has 0 aliphatic carbocycles. The molecule has 0 aromatic carbocycles. The van der Waals surface area contributed by atoms with Crippen molar-refractivity contribution in [2.24, 2.45) is 0 Å². The minimum atomic E-state index is 0.212. The Kier molecular flexibility index (Phi) is 6.93. The molecular weight excluding hydrogens is 302 g/mol. The smallest absolute Gasteiger partial charge is 0.0828 e. The minimum Gasteiger partial charge on any atom is -0.379 e. The zero-order valence-electron chi connectivity index (χ0n) is 15.8. The van der Waals surface area contributed by atoms with Crippen LogP contribution in [0, 0.1) is 0 Å².